The summed E-state index contributed by atoms with van der Waals surface area (Å²) in [5.41, 5.74) is 1.69. The van der Waals surface area contributed by atoms with E-state index in [0.717, 1.165) is 37.7 Å². The molecule has 0 radical (unpaired) electrons. The predicted molar refractivity (Wildman–Crippen MR) is 153 cm³/mol. The molecule has 39 heavy (non-hydrogen) atoms. The topological polar surface area (TPSA) is 70.0 Å². The lowest BCUT2D eigenvalue weighted by Crippen LogP contribution is -2.58. The summed E-state index contributed by atoms with van der Waals surface area (Å²) in [5.74, 6) is 3.46. The van der Waals surface area contributed by atoms with E-state index in [-0.39, 0.29) is 35.0 Å². The van der Waals surface area contributed by atoms with Crippen LogP contribution in [-0.4, -0.2) is 52.9 Å². The molecule has 4 saturated carbocycles. The zero-order valence-electron chi connectivity index (χ0n) is 24.4. The van der Waals surface area contributed by atoms with Gasteiger partial charge in [0.25, 0.3) is 0 Å². The van der Waals surface area contributed by atoms with Crippen molar-refractivity contribution in [3.05, 3.63) is 35.9 Å². The molecule has 5 heteroatoms. The Kier molecular flexibility index (Phi) is 7.65. The average molecular weight is 538 g/mol. The van der Waals surface area contributed by atoms with E-state index in [1.54, 1.807) is 0 Å². The molecule has 0 spiro atoms. The van der Waals surface area contributed by atoms with Crippen LogP contribution in [0.5, 0.6) is 0 Å². The van der Waals surface area contributed by atoms with Gasteiger partial charge in [-0.05, 0) is 110 Å². The number of benzene rings is 1. The Balaban J connectivity index is 1.08. The van der Waals surface area contributed by atoms with Crippen molar-refractivity contribution in [2.45, 2.75) is 103 Å². The fourth-order valence-corrected chi connectivity index (χ4v) is 10.6. The molecule has 0 bridgehead atoms. The fraction of sp³-hybridized carbons (Fsp3) is 0.794. The van der Waals surface area contributed by atoms with E-state index in [4.69, 9.17) is 4.74 Å². The maximum atomic E-state index is 13.3. The van der Waals surface area contributed by atoms with Crippen LogP contribution >= 0.6 is 0 Å². The van der Waals surface area contributed by atoms with Crippen LogP contribution in [0.3, 0.4) is 0 Å². The number of carbonyl (C=O) groups excluding carboxylic acids is 1. The largest absolute Gasteiger partial charge is 0.393 e. The Morgan fingerprint density at radius 1 is 1.03 bits per heavy atom. The number of rotatable bonds is 5. The van der Waals surface area contributed by atoms with Gasteiger partial charge >= 0.3 is 0 Å². The monoisotopic (exact) mass is 537 g/mol. The Bertz CT molecular complexity index is 1020. The quantitative estimate of drug-likeness (QED) is 0.484. The van der Waals surface area contributed by atoms with E-state index < -0.39 is 0 Å². The van der Waals surface area contributed by atoms with Crippen LogP contribution in [0.4, 0.5) is 0 Å². The van der Waals surface area contributed by atoms with Crippen LogP contribution in [-0.2, 0) is 9.53 Å². The molecule has 0 unspecified atom stereocenters. The number of ether oxygens (including phenoxy) is 1. The van der Waals surface area contributed by atoms with E-state index in [1.165, 1.54) is 25.7 Å². The first-order valence-electron chi connectivity index (χ1n) is 16.0. The molecule has 1 aliphatic heterocycles. The molecular weight excluding hydrogens is 486 g/mol. The Morgan fingerprint density at radius 2 is 1.77 bits per heavy atom. The predicted octanol–water partition coefficient (Wildman–Crippen LogP) is 5.99. The number of hydrogen-bond acceptors (Lipinski definition) is 4. The molecule has 1 amide bonds. The van der Waals surface area contributed by atoms with E-state index >= 15 is 0 Å². The highest BCUT2D eigenvalue weighted by atomic mass is 16.5. The van der Waals surface area contributed by atoms with Gasteiger partial charge < -0.3 is 19.8 Å². The van der Waals surface area contributed by atoms with Gasteiger partial charge in [0.15, 0.2) is 0 Å². The van der Waals surface area contributed by atoms with Crippen LogP contribution in [0.15, 0.2) is 30.3 Å². The van der Waals surface area contributed by atoms with Gasteiger partial charge in [-0.25, -0.2) is 0 Å². The molecule has 5 aliphatic rings. The third-order valence-corrected chi connectivity index (χ3v) is 12.8. The fourth-order valence-electron chi connectivity index (χ4n) is 10.6. The molecule has 5 fully saturated rings. The molecule has 4 aliphatic carbocycles. The summed E-state index contributed by atoms with van der Waals surface area (Å²) in [6.45, 7) is 9.36. The van der Waals surface area contributed by atoms with Crippen molar-refractivity contribution in [2.24, 2.45) is 46.3 Å². The summed E-state index contributed by atoms with van der Waals surface area (Å²) in [6.07, 6.45) is 9.87. The summed E-state index contributed by atoms with van der Waals surface area (Å²) in [4.78, 5) is 15.3. The number of fused-ring (bicyclic) bond motifs is 5. The first-order chi connectivity index (χ1) is 18.7. The number of aliphatic hydroxyl groups is 2. The van der Waals surface area contributed by atoms with E-state index in [2.05, 4.69) is 32.9 Å². The number of nitrogens with zero attached hydrogens (tertiary/aromatic N) is 1. The van der Waals surface area contributed by atoms with Crippen LogP contribution in [0.25, 0.3) is 0 Å². The minimum atomic E-state index is -0.225. The zero-order chi connectivity index (χ0) is 27.4. The average Bonchev–Trinajstić information content (AvgIpc) is 3.30. The van der Waals surface area contributed by atoms with Crippen LogP contribution in [0.1, 0.15) is 96.6 Å². The SMILES string of the molecule is C[C@H](CCC(=O)N1CCO[C@H](c2ccccc2)C1)[C@@H]1CC[C@@H]2[C@H]3[C@@H](CC[C@@]21C)[C@@]1(C)CC[C@@H](O)C[C@@H]1C[C@@H]3O. The van der Waals surface area contributed by atoms with Crippen molar-refractivity contribution >= 4 is 5.91 Å². The summed E-state index contributed by atoms with van der Waals surface area (Å²) in [5, 5.41) is 21.9. The van der Waals surface area contributed by atoms with Gasteiger partial charge in [-0.1, -0.05) is 51.1 Å². The van der Waals surface area contributed by atoms with Gasteiger partial charge in [0.1, 0.15) is 6.10 Å². The molecule has 11 atom stereocenters. The second kappa shape index (κ2) is 10.8. The van der Waals surface area contributed by atoms with Gasteiger partial charge in [0.05, 0.1) is 25.4 Å². The van der Waals surface area contributed by atoms with Crippen LogP contribution < -0.4 is 0 Å². The third-order valence-electron chi connectivity index (χ3n) is 12.8. The van der Waals surface area contributed by atoms with Crippen molar-refractivity contribution < 1.29 is 19.7 Å². The summed E-state index contributed by atoms with van der Waals surface area (Å²) in [7, 11) is 0. The third kappa shape index (κ3) is 4.89. The lowest BCUT2D eigenvalue weighted by molar-refractivity contribution is -0.174. The van der Waals surface area contributed by atoms with Gasteiger partial charge in [-0.2, -0.15) is 0 Å². The maximum Gasteiger partial charge on any atom is 0.222 e. The molecule has 1 aromatic carbocycles. The first-order valence-corrected chi connectivity index (χ1v) is 16.0. The number of amides is 1. The van der Waals surface area contributed by atoms with Crippen LogP contribution in [0, 0.1) is 46.3 Å². The highest BCUT2D eigenvalue weighted by Gasteiger charge is 2.62. The number of carbonyl (C=O) groups is 1. The summed E-state index contributed by atoms with van der Waals surface area (Å²) in [6, 6.07) is 10.3. The van der Waals surface area contributed by atoms with Crippen LogP contribution in [0.2, 0.25) is 0 Å². The summed E-state index contributed by atoms with van der Waals surface area (Å²) >= 11 is 0. The van der Waals surface area contributed by atoms with Crippen molar-refractivity contribution in [1.29, 1.82) is 0 Å². The van der Waals surface area contributed by atoms with E-state index in [1.807, 2.05) is 23.1 Å². The number of aliphatic hydroxyl groups excluding tert-OH is 2. The minimum Gasteiger partial charge on any atom is -0.393 e. The van der Waals surface area contributed by atoms with E-state index in [9.17, 15) is 15.0 Å². The number of morpholine rings is 1. The molecule has 1 heterocycles. The first kappa shape index (κ1) is 27.7. The number of hydrogen-bond donors (Lipinski definition) is 2. The highest BCUT2D eigenvalue weighted by Crippen LogP contribution is 2.68. The lowest BCUT2D eigenvalue weighted by Gasteiger charge is -2.62. The summed E-state index contributed by atoms with van der Waals surface area (Å²) < 4.78 is 5.99. The van der Waals surface area contributed by atoms with E-state index in [0.29, 0.717) is 61.6 Å². The van der Waals surface area contributed by atoms with Crippen molar-refractivity contribution in [1.82, 2.24) is 4.90 Å². The van der Waals surface area contributed by atoms with Gasteiger partial charge in [-0.15, -0.1) is 0 Å². The Hall–Kier alpha value is -1.43. The van der Waals surface area contributed by atoms with Gasteiger partial charge in [-0.3, -0.25) is 4.79 Å². The molecule has 1 saturated heterocycles. The minimum absolute atomic E-state index is 0.0261. The molecule has 0 aromatic heterocycles. The molecule has 1 aromatic rings. The Morgan fingerprint density at radius 3 is 2.56 bits per heavy atom. The second-order valence-electron chi connectivity index (χ2n) is 14.6. The highest BCUT2D eigenvalue weighted by molar-refractivity contribution is 5.76. The molecule has 5 nitrogen and oxygen atoms in total. The molecule has 6 rings (SSSR count). The normalized spacial score (nSPS) is 44.7. The molecule has 2 N–H and O–H groups in total. The zero-order valence-corrected chi connectivity index (χ0v) is 24.4. The molecule has 216 valence electrons. The van der Waals surface area contributed by atoms with Gasteiger partial charge in [0, 0.05) is 13.0 Å². The van der Waals surface area contributed by atoms with Gasteiger partial charge in [0.2, 0.25) is 5.91 Å². The maximum absolute atomic E-state index is 13.3. The van der Waals surface area contributed by atoms with Crippen molar-refractivity contribution in [3.63, 3.8) is 0 Å². The standard InChI is InChI=1S/C34H51NO4/c1-22(9-12-31(38)35-17-18-39-30(21-35)23-7-5-4-6-8-23)26-10-11-27-32-28(14-16-34(26,27)3)33(2)15-13-25(36)19-24(33)20-29(32)37/h4-8,22,24-30,32,36-37H,9-21H2,1-3H3/t22-,24-,25-,26+,27-,28-,29+,30+,32+,33+,34-/m1/s1. The smallest absolute Gasteiger partial charge is 0.222 e. The van der Waals surface area contributed by atoms with Crippen molar-refractivity contribution in [2.75, 3.05) is 19.7 Å². The van der Waals surface area contributed by atoms with Crippen molar-refractivity contribution in [3.8, 4) is 0 Å². The molecular formula is C34H51NO4. The second-order valence-corrected chi connectivity index (χ2v) is 14.6. The lowest BCUT2D eigenvalue weighted by atomic mass is 9.43. The Labute approximate surface area is 235 Å².